The molecule has 6 heteroatoms. The molecule has 2 rings (SSSR count). The fraction of sp³-hybridized carbons (Fsp3) is 0.0833. The SMILES string of the molecule is CC(=O)Nc1c(Br)ccc2nc(C(=O)O)ccc12. The molecule has 0 saturated carbocycles. The molecule has 1 aromatic heterocycles. The first-order chi connectivity index (χ1) is 8.49. The number of pyridine rings is 1. The summed E-state index contributed by atoms with van der Waals surface area (Å²) in [6.07, 6.45) is 0. The van der Waals surface area contributed by atoms with Crippen molar-refractivity contribution in [2.24, 2.45) is 0 Å². The molecule has 0 bridgehead atoms. The maximum Gasteiger partial charge on any atom is 0.354 e. The topological polar surface area (TPSA) is 79.3 Å². The van der Waals surface area contributed by atoms with Crippen LogP contribution in [0.4, 0.5) is 5.69 Å². The Balaban J connectivity index is 2.66. The van der Waals surface area contributed by atoms with Gasteiger partial charge < -0.3 is 10.4 Å². The highest BCUT2D eigenvalue weighted by Gasteiger charge is 2.11. The number of anilines is 1. The third-order valence-corrected chi connectivity index (χ3v) is 3.00. The van der Waals surface area contributed by atoms with Crippen molar-refractivity contribution in [2.75, 3.05) is 5.32 Å². The fourth-order valence-corrected chi connectivity index (χ4v) is 2.04. The van der Waals surface area contributed by atoms with Gasteiger partial charge in [-0.1, -0.05) is 0 Å². The predicted octanol–water partition coefficient (Wildman–Crippen LogP) is 2.65. The predicted molar refractivity (Wildman–Crippen MR) is 70.7 cm³/mol. The van der Waals surface area contributed by atoms with Gasteiger partial charge >= 0.3 is 5.97 Å². The first-order valence-electron chi connectivity index (χ1n) is 5.09. The van der Waals surface area contributed by atoms with Crippen molar-refractivity contribution in [3.63, 3.8) is 0 Å². The van der Waals surface area contributed by atoms with E-state index in [0.29, 0.717) is 16.6 Å². The number of carbonyl (C=O) groups is 2. The van der Waals surface area contributed by atoms with E-state index in [1.807, 2.05) is 0 Å². The summed E-state index contributed by atoms with van der Waals surface area (Å²) in [5.41, 5.74) is 1.07. The molecule has 5 nitrogen and oxygen atoms in total. The molecule has 0 saturated heterocycles. The van der Waals surface area contributed by atoms with Crippen LogP contribution in [0, 0.1) is 0 Å². The van der Waals surface area contributed by atoms with Gasteiger partial charge in [0.05, 0.1) is 11.2 Å². The highest BCUT2D eigenvalue weighted by molar-refractivity contribution is 9.10. The quantitative estimate of drug-likeness (QED) is 0.894. The molecule has 2 N–H and O–H groups in total. The molecule has 0 atom stereocenters. The van der Waals surface area contributed by atoms with Gasteiger partial charge in [-0.25, -0.2) is 9.78 Å². The summed E-state index contributed by atoms with van der Waals surface area (Å²) in [6, 6.07) is 6.44. The second kappa shape index (κ2) is 4.73. The number of hydrogen-bond donors (Lipinski definition) is 2. The van der Waals surface area contributed by atoms with Crippen LogP contribution >= 0.6 is 15.9 Å². The Labute approximate surface area is 111 Å². The molecule has 0 fully saturated rings. The second-order valence-corrected chi connectivity index (χ2v) is 4.53. The Bertz CT molecular complexity index is 655. The molecule has 0 unspecified atom stereocenters. The molecule has 0 spiro atoms. The summed E-state index contributed by atoms with van der Waals surface area (Å²) in [6.45, 7) is 1.41. The average molecular weight is 309 g/mol. The number of carboxylic acid groups (broad SMARTS) is 1. The highest BCUT2D eigenvalue weighted by atomic mass is 79.9. The van der Waals surface area contributed by atoms with Crippen LogP contribution in [0.25, 0.3) is 10.9 Å². The zero-order chi connectivity index (χ0) is 13.3. The molecule has 18 heavy (non-hydrogen) atoms. The van der Waals surface area contributed by atoms with E-state index in [1.54, 1.807) is 18.2 Å². The largest absolute Gasteiger partial charge is 0.477 e. The van der Waals surface area contributed by atoms with E-state index in [1.165, 1.54) is 13.0 Å². The first-order valence-corrected chi connectivity index (χ1v) is 5.88. The van der Waals surface area contributed by atoms with Crippen LogP contribution in [0.3, 0.4) is 0 Å². The van der Waals surface area contributed by atoms with E-state index >= 15 is 0 Å². The van der Waals surface area contributed by atoms with Gasteiger partial charge in [0, 0.05) is 16.8 Å². The molecule has 92 valence electrons. The lowest BCUT2D eigenvalue weighted by Crippen LogP contribution is -2.07. The molecule has 2 aromatic rings. The van der Waals surface area contributed by atoms with E-state index in [9.17, 15) is 9.59 Å². The molecular formula is C12H9BrN2O3. The number of aromatic carboxylic acids is 1. The third kappa shape index (κ3) is 2.33. The van der Waals surface area contributed by atoms with Gasteiger partial charge in [-0.3, -0.25) is 4.79 Å². The monoisotopic (exact) mass is 308 g/mol. The molecule has 0 aliphatic carbocycles. The van der Waals surface area contributed by atoms with E-state index in [2.05, 4.69) is 26.2 Å². The Morgan fingerprint density at radius 3 is 2.61 bits per heavy atom. The lowest BCUT2D eigenvalue weighted by Gasteiger charge is -2.09. The smallest absolute Gasteiger partial charge is 0.354 e. The summed E-state index contributed by atoms with van der Waals surface area (Å²) < 4.78 is 0.718. The van der Waals surface area contributed by atoms with Crippen LogP contribution in [0.2, 0.25) is 0 Å². The summed E-state index contributed by atoms with van der Waals surface area (Å²) in [4.78, 5) is 26.0. The van der Waals surface area contributed by atoms with E-state index < -0.39 is 5.97 Å². The molecule has 0 aliphatic heterocycles. The van der Waals surface area contributed by atoms with Crippen molar-refractivity contribution in [1.29, 1.82) is 0 Å². The standard InChI is InChI=1S/C12H9BrN2O3/c1-6(16)14-11-7-2-4-10(12(17)18)15-9(7)5-3-8(11)13/h2-5H,1H3,(H,14,16)(H,17,18). The summed E-state index contributed by atoms with van der Waals surface area (Å²) >= 11 is 3.33. The number of carbonyl (C=O) groups excluding carboxylic acids is 1. The van der Waals surface area contributed by atoms with Crippen LogP contribution in [0.15, 0.2) is 28.7 Å². The average Bonchev–Trinajstić information content (AvgIpc) is 2.31. The molecule has 0 aliphatic rings. The number of fused-ring (bicyclic) bond motifs is 1. The normalized spacial score (nSPS) is 10.3. The molecule has 1 amide bonds. The summed E-state index contributed by atoms with van der Waals surface area (Å²) in [5.74, 6) is -1.29. The summed E-state index contributed by atoms with van der Waals surface area (Å²) in [7, 11) is 0. The van der Waals surface area contributed by atoms with Crippen LogP contribution in [0.5, 0.6) is 0 Å². The van der Waals surface area contributed by atoms with Crippen molar-refractivity contribution >= 4 is 44.4 Å². The third-order valence-electron chi connectivity index (χ3n) is 2.34. The number of rotatable bonds is 2. The van der Waals surface area contributed by atoms with Gasteiger partial charge in [-0.05, 0) is 40.2 Å². The lowest BCUT2D eigenvalue weighted by molar-refractivity contribution is -0.114. The van der Waals surface area contributed by atoms with Gasteiger partial charge in [-0.2, -0.15) is 0 Å². The Morgan fingerprint density at radius 2 is 2.00 bits per heavy atom. The maximum atomic E-state index is 11.1. The molecule has 1 heterocycles. The van der Waals surface area contributed by atoms with E-state index in [-0.39, 0.29) is 11.6 Å². The minimum atomic E-state index is -1.08. The van der Waals surface area contributed by atoms with Crippen LogP contribution < -0.4 is 5.32 Å². The van der Waals surface area contributed by atoms with E-state index in [4.69, 9.17) is 5.11 Å². The number of benzene rings is 1. The van der Waals surface area contributed by atoms with Gasteiger partial charge in [-0.15, -0.1) is 0 Å². The van der Waals surface area contributed by atoms with E-state index in [0.717, 1.165) is 4.47 Å². The van der Waals surface area contributed by atoms with Crippen LogP contribution in [-0.4, -0.2) is 22.0 Å². The van der Waals surface area contributed by atoms with Gasteiger partial charge in [0.25, 0.3) is 0 Å². The fourth-order valence-electron chi connectivity index (χ4n) is 1.60. The number of amides is 1. The minimum absolute atomic E-state index is 0.0291. The van der Waals surface area contributed by atoms with Gasteiger partial charge in [0.1, 0.15) is 5.69 Å². The van der Waals surface area contributed by atoms with Crippen LogP contribution in [0.1, 0.15) is 17.4 Å². The molecule has 1 aromatic carbocycles. The lowest BCUT2D eigenvalue weighted by atomic mass is 10.1. The zero-order valence-corrected chi connectivity index (χ0v) is 11.0. The van der Waals surface area contributed by atoms with Gasteiger partial charge in [0.2, 0.25) is 5.91 Å². The number of aromatic nitrogens is 1. The Kier molecular flexibility index (Phi) is 3.29. The number of carboxylic acids is 1. The summed E-state index contributed by atoms with van der Waals surface area (Å²) in [5, 5.41) is 12.2. The number of nitrogens with zero attached hydrogens (tertiary/aromatic N) is 1. The molecule has 0 radical (unpaired) electrons. The Hall–Kier alpha value is -1.95. The van der Waals surface area contributed by atoms with Gasteiger partial charge in [0.15, 0.2) is 0 Å². The number of nitrogens with one attached hydrogen (secondary N) is 1. The molecular weight excluding hydrogens is 300 g/mol. The first kappa shape index (κ1) is 12.5. The van der Waals surface area contributed by atoms with Crippen molar-refractivity contribution in [3.05, 3.63) is 34.4 Å². The maximum absolute atomic E-state index is 11.1. The van der Waals surface area contributed by atoms with Crippen molar-refractivity contribution in [3.8, 4) is 0 Å². The zero-order valence-electron chi connectivity index (χ0n) is 9.40. The van der Waals surface area contributed by atoms with Crippen molar-refractivity contribution < 1.29 is 14.7 Å². The highest BCUT2D eigenvalue weighted by Crippen LogP contribution is 2.30. The van der Waals surface area contributed by atoms with Crippen molar-refractivity contribution in [1.82, 2.24) is 4.98 Å². The Morgan fingerprint density at radius 1 is 1.28 bits per heavy atom. The second-order valence-electron chi connectivity index (χ2n) is 3.67. The minimum Gasteiger partial charge on any atom is -0.477 e. The van der Waals surface area contributed by atoms with Crippen molar-refractivity contribution in [2.45, 2.75) is 6.92 Å². The number of hydrogen-bond acceptors (Lipinski definition) is 3. The van der Waals surface area contributed by atoms with Crippen LogP contribution in [-0.2, 0) is 4.79 Å². The number of halogens is 1.